The second kappa shape index (κ2) is 3.75. The second-order valence-electron chi connectivity index (χ2n) is 3.02. The van der Waals surface area contributed by atoms with Crippen molar-refractivity contribution in [3.8, 4) is 0 Å². The van der Waals surface area contributed by atoms with E-state index in [1.165, 1.54) is 0 Å². The fourth-order valence-electron chi connectivity index (χ4n) is 1.07. The van der Waals surface area contributed by atoms with Crippen molar-refractivity contribution in [3.63, 3.8) is 0 Å². The van der Waals surface area contributed by atoms with Crippen molar-refractivity contribution in [1.29, 1.82) is 0 Å². The Kier molecular flexibility index (Phi) is 2.85. The molecule has 6 nitrogen and oxygen atoms in total. The van der Waals surface area contributed by atoms with Crippen LogP contribution in [0.2, 0.25) is 0 Å². The van der Waals surface area contributed by atoms with Crippen LogP contribution >= 0.6 is 11.6 Å². The molecule has 0 saturated heterocycles. The van der Waals surface area contributed by atoms with Crippen molar-refractivity contribution in [3.05, 3.63) is 21.5 Å². The third kappa shape index (κ3) is 1.74. The third-order valence-corrected chi connectivity index (χ3v) is 1.89. The molecule has 0 aromatic carbocycles. The average Bonchev–Trinajstić information content (AvgIpc) is 2.46. The van der Waals surface area contributed by atoms with Crippen LogP contribution in [-0.2, 0) is 0 Å². The first-order valence-corrected chi connectivity index (χ1v) is 4.25. The van der Waals surface area contributed by atoms with Gasteiger partial charge in [0.05, 0.1) is 4.92 Å². The van der Waals surface area contributed by atoms with E-state index in [-0.39, 0.29) is 17.3 Å². The Morgan fingerprint density at radius 2 is 2.21 bits per heavy atom. The Morgan fingerprint density at radius 1 is 1.64 bits per heavy atom. The maximum Gasteiger partial charge on any atom is 0.322 e. The number of nitro groups is 1. The summed E-state index contributed by atoms with van der Waals surface area (Å²) in [6.07, 6.45) is 0. The molecule has 14 heavy (non-hydrogen) atoms. The Morgan fingerprint density at radius 3 is 2.57 bits per heavy atom. The fourth-order valence-corrected chi connectivity index (χ4v) is 1.21. The van der Waals surface area contributed by atoms with Gasteiger partial charge in [-0.25, -0.2) is 0 Å². The van der Waals surface area contributed by atoms with Crippen molar-refractivity contribution in [2.24, 2.45) is 0 Å². The molecule has 0 aliphatic rings. The zero-order chi connectivity index (χ0) is 10.9. The summed E-state index contributed by atoms with van der Waals surface area (Å²) >= 11 is 5.14. The van der Waals surface area contributed by atoms with Gasteiger partial charge in [0.2, 0.25) is 5.69 Å². The first-order chi connectivity index (χ1) is 6.45. The van der Waals surface area contributed by atoms with Gasteiger partial charge >= 0.3 is 5.69 Å². The molecular formula is C7H8ClN3O3. The SMILES string of the molecule is CC(C)c1[nH]nc(C(=O)Cl)c1[N+](=O)[O-]. The van der Waals surface area contributed by atoms with E-state index in [0.29, 0.717) is 5.69 Å². The standard InChI is InChI=1S/C7H8ClN3O3/c1-3(2)4-6(11(13)14)5(7(8)12)10-9-4/h3H,1-2H3,(H,9,10). The maximum absolute atomic E-state index is 10.8. The molecule has 7 heteroatoms. The van der Waals surface area contributed by atoms with Crippen molar-refractivity contribution >= 4 is 22.5 Å². The van der Waals surface area contributed by atoms with E-state index in [1.807, 2.05) is 0 Å². The molecule has 0 bridgehead atoms. The molecule has 1 rings (SSSR count). The van der Waals surface area contributed by atoms with Crippen LogP contribution in [0.15, 0.2) is 0 Å². The monoisotopic (exact) mass is 217 g/mol. The van der Waals surface area contributed by atoms with Gasteiger partial charge in [0, 0.05) is 5.92 Å². The highest BCUT2D eigenvalue weighted by atomic mass is 35.5. The zero-order valence-corrected chi connectivity index (χ0v) is 8.33. The van der Waals surface area contributed by atoms with Crippen LogP contribution in [0.1, 0.15) is 35.9 Å². The van der Waals surface area contributed by atoms with Gasteiger partial charge in [-0.1, -0.05) is 13.8 Å². The molecule has 0 unspecified atom stereocenters. The van der Waals surface area contributed by atoms with Crippen LogP contribution < -0.4 is 0 Å². The lowest BCUT2D eigenvalue weighted by Gasteiger charge is -1.98. The van der Waals surface area contributed by atoms with Gasteiger partial charge in [-0.3, -0.25) is 20.0 Å². The minimum atomic E-state index is -0.931. The molecule has 76 valence electrons. The largest absolute Gasteiger partial charge is 0.322 e. The number of rotatable bonds is 3. The summed E-state index contributed by atoms with van der Waals surface area (Å²) < 4.78 is 0. The summed E-state index contributed by atoms with van der Waals surface area (Å²) in [5, 5.41) is 15.7. The normalized spacial score (nSPS) is 10.6. The van der Waals surface area contributed by atoms with E-state index in [4.69, 9.17) is 11.6 Å². The van der Waals surface area contributed by atoms with Crippen LogP contribution in [0, 0.1) is 10.1 Å². The van der Waals surface area contributed by atoms with Gasteiger partial charge in [0.15, 0.2) is 0 Å². The van der Waals surface area contributed by atoms with E-state index in [0.717, 1.165) is 0 Å². The number of nitrogens with one attached hydrogen (secondary N) is 1. The van der Waals surface area contributed by atoms with Crippen molar-refractivity contribution < 1.29 is 9.72 Å². The summed E-state index contributed by atoms with van der Waals surface area (Å²) in [7, 11) is 0. The lowest BCUT2D eigenvalue weighted by Crippen LogP contribution is -1.99. The molecule has 0 aliphatic heterocycles. The summed E-state index contributed by atoms with van der Waals surface area (Å²) in [6, 6.07) is 0. The van der Waals surface area contributed by atoms with Crippen LogP contribution in [-0.4, -0.2) is 20.4 Å². The van der Waals surface area contributed by atoms with Crippen LogP contribution in [0.5, 0.6) is 0 Å². The zero-order valence-electron chi connectivity index (χ0n) is 7.57. The Hall–Kier alpha value is -1.43. The quantitative estimate of drug-likeness (QED) is 0.475. The van der Waals surface area contributed by atoms with Gasteiger partial charge in [0.25, 0.3) is 5.24 Å². The second-order valence-corrected chi connectivity index (χ2v) is 3.36. The molecule has 0 atom stereocenters. The number of aromatic nitrogens is 2. The molecule has 0 saturated carbocycles. The molecule has 0 radical (unpaired) electrons. The molecule has 1 aromatic rings. The highest BCUT2D eigenvalue weighted by molar-refractivity contribution is 6.67. The fraction of sp³-hybridized carbons (Fsp3) is 0.429. The van der Waals surface area contributed by atoms with Crippen LogP contribution in [0.3, 0.4) is 0 Å². The highest BCUT2D eigenvalue weighted by Gasteiger charge is 2.29. The number of H-pyrrole nitrogens is 1. The molecule has 0 spiro atoms. The molecule has 0 amide bonds. The van der Waals surface area contributed by atoms with Crippen molar-refractivity contribution in [2.75, 3.05) is 0 Å². The number of halogens is 1. The Labute approximate surface area is 84.4 Å². The summed E-state index contributed by atoms with van der Waals surface area (Å²) in [4.78, 5) is 20.8. The average molecular weight is 218 g/mol. The number of aromatic amines is 1. The number of carbonyl (C=O) groups excluding carboxylic acids is 1. The number of nitrogens with zero attached hydrogens (tertiary/aromatic N) is 2. The topological polar surface area (TPSA) is 88.9 Å². The van der Waals surface area contributed by atoms with E-state index in [1.54, 1.807) is 13.8 Å². The smallest absolute Gasteiger partial charge is 0.274 e. The summed E-state index contributed by atoms with van der Waals surface area (Å²) in [6.45, 7) is 3.51. The number of hydrogen-bond acceptors (Lipinski definition) is 4. The lowest BCUT2D eigenvalue weighted by atomic mass is 10.1. The number of hydrogen-bond donors (Lipinski definition) is 1. The third-order valence-electron chi connectivity index (χ3n) is 1.71. The molecule has 0 aliphatic carbocycles. The van der Waals surface area contributed by atoms with Gasteiger partial charge in [-0.2, -0.15) is 5.10 Å². The molecule has 1 aromatic heterocycles. The van der Waals surface area contributed by atoms with Crippen molar-refractivity contribution in [2.45, 2.75) is 19.8 Å². The predicted molar refractivity (Wildman–Crippen MR) is 49.5 cm³/mol. The molecular weight excluding hydrogens is 210 g/mol. The molecule has 0 fully saturated rings. The van der Waals surface area contributed by atoms with E-state index >= 15 is 0 Å². The highest BCUT2D eigenvalue weighted by Crippen LogP contribution is 2.28. The van der Waals surface area contributed by atoms with E-state index < -0.39 is 10.2 Å². The van der Waals surface area contributed by atoms with E-state index in [2.05, 4.69) is 10.2 Å². The van der Waals surface area contributed by atoms with Gasteiger partial charge in [0.1, 0.15) is 5.69 Å². The number of carbonyl (C=O) groups is 1. The van der Waals surface area contributed by atoms with Gasteiger partial charge < -0.3 is 0 Å². The van der Waals surface area contributed by atoms with E-state index in [9.17, 15) is 14.9 Å². The Balaban J connectivity index is 3.35. The summed E-state index contributed by atoms with van der Waals surface area (Å²) in [5.74, 6) is -0.118. The lowest BCUT2D eigenvalue weighted by molar-refractivity contribution is -0.385. The van der Waals surface area contributed by atoms with Crippen LogP contribution in [0.25, 0.3) is 0 Å². The first-order valence-electron chi connectivity index (χ1n) is 3.87. The molecule has 1 heterocycles. The minimum absolute atomic E-state index is 0.118. The van der Waals surface area contributed by atoms with Crippen LogP contribution in [0.4, 0.5) is 5.69 Å². The molecule has 1 N–H and O–H groups in total. The first kappa shape index (κ1) is 10.6. The van der Waals surface area contributed by atoms with Crippen molar-refractivity contribution in [1.82, 2.24) is 10.2 Å². The van der Waals surface area contributed by atoms with Gasteiger partial charge in [-0.15, -0.1) is 0 Å². The minimum Gasteiger partial charge on any atom is -0.274 e. The van der Waals surface area contributed by atoms with Gasteiger partial charge in [-0.05, 0) is 11.6 Å². The predicted octanol–water partition coefficient (Wildman–Crippen LogP) is 1.82. The maximum atomic E-state index is 10.8. The Bertz CT molecular complexity index is 386. The summed E-state index contributed by atoms with van der Waals surface area (Å²) in [5.41, 5.74) is -0.362.